The van der Waals surface area contributed by atoms with Crippen LogP contribution in [-0.4, -0.2) is 0 Å². The topological polar surface area (TPSA) is 24.9 Å². The predicted octanol–water partition coefficient (Wildman–Crippen LogP) is 27.4. The molecular formula is C103H64F6N2O2. The maximum absolute atomic E-state index is 17.5. The van der Waals surface area contributed by atoms with Crippen molar-refractivity contribution in [1.29, 1.82) is 0 Å². The molecule has 16 aromatic carbocycles. The zero-order chi connectivity index (χ0) is 76.4. The number of halogens is 6. The Balaban J connectivity index is 0.769. The van der Waals surface area contributed by atoms with E-state index in [1.807, 2.05) is 158 Å². The summed E-state index contributed by atoms with van der Waals surface area (Å²) in [6, 6.07) is 109. The molecular weight excluding hydrogens is 1410 g/mol. The van der Waals surface area contributed by atoms with Crippen LogP contribution in [0.4, 0.5) is 60.5 Å². The Morgan fingerprint density at radius 3 is 0.779 bits per heavy atom. The third kappa shape index (κ3) is 10.5. The molecule has 0 saturated carbocycles. The molecule has 2 atom stereocenters. The maximum Gasteiger partial charge on any atom is 0.130 e. The molecule has 540 valence electrons. The molecule has 0 bridgehead atoms. The first-order valence-electron chi connectivity index (χ1n) is 37.4. The predicted molar refractivity (Wildman–Crippen MR) is 440 cm³/mol. The van der Waals surface area contributed by atoms with Gasteiger partial charge in [0.15, 0.2) is 0 Å². The summed E-state index contributed by atoms with van der Waals surface area (Å²) in [7, 11) is 0. The van der Waals surface area contributed by atoms with Crippen molar-refractivity contribution in [2.24, 2.45) is 0 Å². The van der Waals surface area contributed by atoms with Gasteiger partial charge in [-0.15, -0.1) is 0 Å². The van der Waals surface area contributed by atoms with Crippen LogP contribution in [0.1, 0.15) is 77.9 Å². The van der Waals surface area contributed by atoms with Crippen molar-refractivity contribution in [1.82, 2.24) is 0 Å². The molecule has 2 unspecified atom stereocenters. The summed E-state index contributed by atoms with van der Waals surface area (Å²) in [6.07, 6.45) is 3.53. The number of hydrogen-bond acceptors (Lipinski definition) is 4. The molecule has 0 fully saturated rings. The van der Waals surface area contributed by atoms with E-state index >= 15 is 26.3 Å². The molecule has 0 aromatic heterocycles. The molecule has 0 N–H and O–H groups in total. The van der Waals surface area contributed by atoms with Crippen molar-refractivity contribution < 1.29 is 35.8 Å². The second-order valence-corrected chi connectivity index (χ2v) is 29.0. The Hall–Kier alpha value is -14.2. The van der Waals surface area contributed by atoms with Gasteiger partial charge in [-0.1, -0.05) is 207 Å². The monoisotopic (exact) mass is 1470 g/mol. The first kappa shape index (κ1) is 68.1. The van der Waals surface area contributed by atoms with Crippen LogP contribution in [0.15, 0.2) is 365 Å². The van der Waals surface area contributed by atoms with Gasteiger partial charge in [0, 0.05) is 57.4 Å². The quantitative estimate of drug-likeness (QED) is 0.0900. The van der Waals surface area contributed by atoms with Crippen LogP contribution < -0.4 is 19.3 Å². The van der Waals surface area contributed by atoms with Crippen LogP contribution in [0.5, 0.6) is 23.0 Å². The lowest BCUT2D eigenvalue weighted by Gasteiger charge is -2.36. The molecule has 1 spiro atoms. The standard InChI is InChI=1S/C103H64F6N2O2/c1-3-63-21-43-77(44-22-63)112-79-47-25-65(26-48-79)101(93-55-33-69(106)57-99(93)108)89-17-9-5-13-81(89)85-51-39-73(59-95(85)101)110(71-35-29-67(104)30-36-71)75-41-53-87-83-15-7-11-19-91(83)103(97(87)61-75)92-20-12-8-16-84(92)88-54-42-76(62-98(88)103)111(72-37-31-68(105)32-38-72)74-40-52-86-82-14-6-10-18-90(82)102(96(86)60-74,94-56-34-70(107)58-100(94)109)66-27-49-80(50-28-66)113-78-45-23-64(4-2)24-46-78/h3-62H,1-2H2. The number of rotatable bonds is 16. The van der Waals surface area contributed by atoms with E-state index in [-0.39, 0.29) is 11.1 Å². The molecule has 20 rings (SSSR count). The lowest BCUT2D eigenvalue weighted by atomic mass is 9.67. The van der Waals surface area contributed by atoms with Crippen LogP contribution in [0.3, 0.4) is 0 Å². The molecule has 4 aliphatic carbocycles. The van der Waals surface area contributed by atoms with Crippen LogP contribution in [0, 0.1) is 34.9 Å². The Kier molecular flexibility index (Phi) is 16.0. The number of anilines is 6. The first-order chi connectivity index (χ1) is 55.3. The van der Waals surface area contributed by atoms with Gasteiger partial charge in [0.2, 0.25) is 0 Å². The smallest absolute Gasteiger partial charge is 0.130 e. The highest BCUT2D eigenvalue weighted by Gasteiger charge is 2.54. The Morgan fingerprint density at radius 1 is 0.221 bits per heavy atom. The van der Waals surface area contributed by atoms with E-state index in [0.29, 0.717) is 56.9 Å². The number of hydrogen-bond donors (Lipinski definition) is 0. The van der Waals surface area contributed by atoms with Gasteiger partial charge in [-0.3, -0.25) is 0 Å². The molecule has 16 aromatic rings. The first-order valence-corrected chi connectivity index (χ1v) is 37.4. The fraction of sp³-hybridized carbons (Fsp3) is 0.0291. The second kappa shape index (κ2) is 26.5. The summed E-state index contributed by atoms with van der Waals surface area (Å²) in [6.45, 7) is 7.79. The zero-order valence-electron chi connectivity index (χ0n) is 60.5. The van der Waals surface area contributed by atoms with Crippen LogP contribution in [0.25, 0.3) is 56.7 Å². The van der Waals surface area contributed by atoms with Crippen molar-refractivity contribution in [2.75, 3.05) is 9.80 Å². The third-order valence-corrected chi connectivity index (χ3v) is 23.3. The van der Waals surface area contributed by atoms with E-state index in [1.165, 1.54) is 36.4 Å². The summed E-state index contributed by atoms with van der Waals surface area (Å²) in [5.41, 5.74) is 18.7. The SMILES string of the molecule is C=Cc1ccc(Oc2ccc(C3(c4ccc(F)cc4F)c4ccccc4-c4ccc(N(c5ccc(F)cc5)c5ccc6c(c5)C5(c7ccccc7-6)c6ccccc6-c6ccc(N(c7ccc(F)cc7)c7ccc8c(c7)C(c7ccc(Oc9ccc(C=C)cc9)cc7)(c7ccc(F)cc7F)c7ccccc7-8)cc65)cc43)cc2)cc1. The Morgan fingerprint density at radius 2 is 0.478 bits per heavy atom. The second-order valence-electron chi connectivity index (χ2n) is 29.0. The average molecular weight is 1480 g/mol. The fourth-order valence-electron chi connectivity index (χ4n) is 18.5. The summed E-state index contributed by atoms with van der Waals surface area (Å²) < 4.78 is 110. The Bertz CT molecular complexity index is 6160. The van der Waals surface area contributed by atoms with Crippen LogP contribution in [0.2, 0.25) is 0 Å². The van der Waals surface area contributed by atoms with Crippen molar-refractivity contribution in [3.05, 3.63) is 478 Å². The largest absolute Gasteiger partial charge is 0.457 e. The lowest BCUT2D eigenvalue weighted by molar-refractivity contribution is 0.481. The van der Waals surface area contributed by atoms with E-state index in [4.69, 9.17) is 9.47 Å². The average Bonchev–Trinajstić information content (AvgIpc) is 1.50. The molecule has 4 nitrogen and oxygen atoms in total. The van der Waals surface area contributed by atoms with E-state index < -0.39 is 51.1 Å². The van der Waals surface area contributed by atoms with Crippen molar-refractivity contribution in [2.45, 2.75) is 16.2 Å². The highest BCUT2D eigenvalue weighted by Crippen LogP contribution is 2.66. The summed E-state index contributed by atoms with van der Waals surface area (Å²) >= 11 is 0. The number of ether oxygens (including phenoxy) is 2. The molecule has 0 saturated heterocycles. The maximum atomic E-state index is 17.5. The minimum absolute atomic E-state index is 0.243. The van der Waals surface area contributed by atoms with Gasteiger partial charge in [0.05, 0.1) is 16.2 Å². The number of fused-ring (bicyclic) bond motifs is 16. The third-order valence-electron chi connectivity index (χ3n) is 23.3. The van der Waals surface area contributed by atoms with E-state index in [0.717, 1.165) is 124 Å². The van der Waals surface area contributed by atoms with Crippen LogP contribution >= 0.6 is 0 Å². The molecule has 0 heterocycles. The normalized spacial score (nSPS) is 16.1. The summed E-state index contributed by atoms with van der Waals surface area (Å²) in [4.78, 5) is 4.23. The van der Waals surface area contributed by atoms with Gasteiger partial charge in [-0.2, -0.15) is 0 Å². The molecule has 113 heavy (non-hydrogen) atoms. The molecule has 0 aliphatic heterocycles. The minimum Gasteiger partial charge on any atom is -0.457 e. The molecule has 0 amide bonds. The molecule has 10 heteroatoms. The van der Waals surface area contributed by atoms with Crippen LogP contribution in [-0.2, 0) is 16.2 Å². The van der Waals surface area contributed by atoms with Gasteiger partial charge in [-0.25, -0.2) is 26.3 Å². The van der Waals surface area contributed by atoms with Gasteiger partial charge in [0.1, 0.15) is 57.9 Å². The molecule has 4 aliphatic rings. The van der Waals surface area contributed by atoms with Gasteiger partial charge >= 0.3 is 0 Å². The number of nitrogens with zero attached hydrogens (tertiary/aromatic N) is 2. The van der Waals surface area contributed by atoms with Gasteiger partial charge in [-0.05, 0) is 269 Å². The number of benzene rings is 16. The van der Waals surface area contributed by atoms with E-state index in [1.54, 1.807) is 48.6 Å². The summed E-state index contributed by atoms with van der Waals surface area (Å²) in [5, 5.41) is 0. The van der Waals surface area contributed by atoms with Crippen molar-refractivity contribution in [3.8, 4) is 67.5 Å². The summed E-state index contributed by atoms with van der Waals surface area (Å²) in [5.74, 6) is -1.38. The van der Waals surface area contributed by atoms with Gasteiger partial charge in [0.25, 0.3) is 0 Å². The zero-order valence-corrected chi connectivity index (χ0v) is 60.5. The molecule has 0 radical (unpaired) electrons. The van der Waals surface area contributed by atoms with Gasteiger partial charge < -0.3 is 19.3 Å². The minimum atomic E-state index is -1.37. The fourth-order valence-corrected chi connectivity index (χ4v) is 18.5. The van der Waals surface area contributed by atoms with Crippen molar-refractivity contribution >= 4 is 46.3 Å². The Labute approximate surface area is 649 Å². The lowest BCUT2D eigenvalue weighted by Crippen LogP contribution is -2.30. The highest BCUT2D eigenvalue weighted by molar-refractivity contribution is 5.99. The van der Waals surface area contributed by atoms with E-state index in [9.17, 15) is 0 Å². The van der Waals surface area contributed by atoms with Crippen molar-refractivity contribution in [3.63, 3.8) is 0 Å². The highest BCUT2D eigenvalue weighted by atomic mass is 19.2. The van der Waals surface area contributed by atoms with E-state index in [2.05, 4.69) is 132 Å².